The molecule has 2 heterocycles. The Labute approximate surface area is 209 Å². The van der Waals surface area contributed by atoms with Gasteiger partial charge in [-0.25, -0.2) is 4.39 Å². The van der Waals surface area contributed by atoms with Crippen molar-refractivity contribution in [2.45, 2.75) is 57.1 Å². The van der Waals surface area contributed by atoms with Gasteiger partial charge in [0.15, 0.2) is 16.8 Å². The summed E-state index contributed by atoms with van der Waals surface area (Å²) in [6, 6.07) is 18.9. The number of halogens is 1. The van der Waals surface area contributed by atoms with Crippen molar-refractivity contribution in [3.8, 4) is 17.1 Å². The van der Waals surface area contributed by atoms with Gasteiger partial charge < -0.3 is 4.57 Å². The molecule has 0 amide bonds. The number of ketones is 1. The molecule has 180 valence electrons. The van der Waals surface area contributed by atoms with Gasteiger partial charge in [0.05, 0.1) is 11.3 Å². The molecule has 2 aromatic heterocycles. The van der Waals surface area contributed by atoms with Crippen LogP contribution in [-0.4, -0.2) is 30.9 Å². The Morgan fingerprint density at radius 2 is 1.71 bits per heavy atom. The van der Waals surface area contributed by atoms with E-state index >= 15 is 0 Å². The average Bonchev–Trinajstić information content (AvgIpc) is 3.44. The largest absolute Gasteiger partial charge is 0.318 e. The molecule has 0 bridgehead atoms. The normalized spacial score (nSPS) is 14.4. The molecule has 1 aliphatic rings. The number of aromatic nitrogens is 4. The van der Waals surface area contributed by atoms with Gasteiger partial charge in [0, 0.05) is 28.7 Å². The summed E-state index contributed by atoms with van der Waals surface area (Å²) in [6.45, 7) is 4.00. The molecule has 0 saturated heterocycles. The fraction of sp³-hybridized carbons (Fsp3) is 0.321. The molecular weight excluding hydrogens is 459 g/mol. The van der Waals surface area contributed by atoms with Crippen molar-refractivity contribution in [1.29, 1.82) is 0 Å². The molecule has 0 atom stereocenters. The van der Waals surface area contributed by atoms with E-state index in [4.69, 9.17) is 0 Å². The topological polar surface area (TPSA) is 52.7 Å². The molecule has 1 aliphatic carbocycles. The molecule has 0 aliphatic heterocycles. The summed E-state index contributed by atoms with van der Waals surface area (Å²) in [7, 11) is 0. The summed E-state index contributed by atoms with van der Waals surface area (Å²) in [4.78, 5) is 13.3. The van der Waals surface area contributed by atoms with E-state index in [9.17, 15) is 9.18 Å². The first-order chi connectivity index (χ1) is 17.0. The van der Waals surface area contributed by atoms with Gasteiger partial charge in [-0.15, -0.1) is 10.2 Å². The summed E-state index contributed by atoms with van der Waals surface area (Å²) < 4.78 is 18.8. The molecule has 7 heteroatoms. The first-order valence-electron chi connectivity index (χ1n) is 12.1. The molecule has 0 N–H and O–H groups in total. The summed E-state index contributed by atoms with van der Waals surface area (Å²) >= 11 is 1.39. The van der Waals surface area contributed by atoms with Crippen LogP contribution in [0.4, 0.5) is 4.39 Å². The first-order valence-corrected chi connectivity index (χ1v) is 13.1. The fourth-order valence-electron chi connectivity index (χ4n) is 5.10. The molecule has 1 saturated carbocycles. The second kappa shape index (κ2) is 10.2. The van der Waals surface area contributed by atoms with E-state index in [1.165, 1.54) is 24.2 Å². The highest BCUT2D eigenvalue weighted by atomic mass is 32.2. The Morgan fingerprint density at radius 3 is 2.46 bits per heavy atom. The number of carbonyl (C=O) groups is 1. The second-order valence-electron chi connectivity index (χ2n) is 9.12. The molecule has 4 aromatic rings. The van der Waals surface area contributed by atoms with Crippen LogP contribution in [0.15, 0.2) is 65.8 Å². The van der Waals surface area contributed by atoms with Gasteiger partial charge in [-0.2, -0.15) is 0 Å². The number of thioether (sulfide) groups is 1. The smallest absolute Gasteiger partial charge is 0.192 e. The number of hydrogen-bond donors (Lipinski definition) is 0. The predicted molar refractivity (Wildman–Crippen MR) is 138 cm³/mol. The van der Waals surface area contributed by atoms with Crippen LogP contribution >= 0.6 is 11.8 Å². The third-order valence-corrected chi connectivity index (χ3v) is 7.74. The van der Waals surface area contributed by atoms with Crippen molar-refractivity contribution >= 4 is 17.5 Å². The number of nitrogens with zero attached hydrogens (tertiary/aromatic N) is 4. The van der Waals surface area contributed by atoms with E-state index in [0.717, 1.165) is 48.3 Å². The minimum atomic E-state index is -0.307. The van der Waals surface area contributed by atoms with Crippen LogP contribution in [0.3, 0.4) is 0 Å². The third kappa shape index (κ3) is 4.69. The number of benzene rings is 2. The van der Waals surface area contributed by atoms with Gasteiger partial charge >= 0.3 is 0 Å². The zero-order valence-electron chi connectivity index (χ0n) is 20.1. The van der Waals surface area contributed by atoms with Crippen LogP contribution in [0.25, 0.3) is 17.1 Å². The van der Waals surface area contributed by atoms with Gasteiger partial charge in [-0.3, -0.25) is 9.36 Å². The Hall–Kier alpha value is -3.19. The molecule has 2 aromatic carbocycles. The summed E-state index contributed by atoms with van der Waals surface area (Å²) in [5.41, 5.74) is 4.17. The van der Waals surface area contributed by atoms with Gasteiger partial charge in [0.1, 0.15) is 5.82 Å². The zero-order valence-corrected chi connectivity index (χ0v) is 20.9. The Balaban J connectivity index is 1.42. The lowest BCUT2D eigenvalue weighted by molar-refractivity contribution is 0.102. The van der Waals surface area contributed by atoms with Crippen LogP contribution in [0, 0.1) is 19.7 Å². The van der Waals surface area contributed by atoms with Gasteiger partial charge in [-0.1, -0.05) is 61.4 Å². The van der Waals surface area contributed by atoms with E-state index in [1.807, 2.05) is 56.3 Å². The van der Waals surface area contributed by atoms with Crippen molar-refractivity contribution in [2.75, 3.05) is 5.75 Å². The predicted octanol–water partition coefficient (Wildman–Crippen LogP) is 6.97. The Morgan fingerprint density at radius 1 is 1.00 bits per heavy atom. The molecule has 5 nitrogen and oxygen atoms in total. The van der Waals surface area contributed by atoms with E-state index < -0.39 is 0 Å². The maximum atomic E-state index is 14.6. The summed E-state index contributed by atoms with van der Waals surface area (Å²) in [5.74, 6) is 0.544. The van der Waals surface area contributed by atoms with Crippen LogP contribution in [0.5, 0.6) is 0 Å². The van der Waals surface area contributed by atoms with Gasteiger partial charge in [0.2, 0.25) is 0 Å². The zero-order chi connectivity index (χ0) is 24.4. The Bertz CT molecular complexity index is 1340. The second-order valence-corrected chi connectivity index (χ2v) is 10.1. The molecule has 35 heavy (non-hydrogen) atoms. The highest BCUT2D eigenvalue weighted by Crippen LogP contribution is 2.36. The number of Topliss-reactive ketones (excluding diaryl/α,β-unsaturated/α-hetero) is 1. The lowest BCUT2D eigenvalue weighted by Crippen LogP contribution is -2.16. The van der Waals surface area contributed by atoms with Crippen LogP contribution < -0.4 is 0 Å². The maximum Gasteiger partial charge on any atom is 0.192 e. The molecule has 5 rings (SSSR count). The number of carbonyl (C=O) groups excluding carboxylic acids is 1. The van der Waals surface area contributed by atoms with Gasteiger partial charge in [0.25, 0.3) is 0 Å². The standard InChI is InChI=1S/C28H29FN4OS/c1-19-17-24(20(2)32(19)21-11-5-3-6-12-21)26(34)18-35-28-31-30-27(23-15-9-10-16-25(23)29)33(28)22-13-7-4-8-14-22/h3,5-6,9-12,15-17,22H,4,7-8,13-14,18H2,1-2H3. The highest BCUT2D eigenvalue weighted by Gasteiger charge is 2.26. The van der Waals surface area contributed by atoms with Crippen LogP contribution in [0.1, 0.15) is 59.9 Å². The minimum absolute atomic E-state index is 0.0518. The summed E-state index contributed by atoms with van der Waals surface area (Å²) in [5, 5.41) is 9.49. The quantitative estimate of drug-likeness (QED) is 0.208. The molecule has 1 fully saturated rings. The lowest BCUT2D eigenvalue weighted by atomic mass is 9.95. The van der Waals surface area contributed by atoms with E-state index in [2.05, 4.69) is 19.3 Å². The van der Waals surface area contributed by atoms with Crippen LogP contribution in [-0.2, 0) is 0 Å². The number of hydrogen-bond acceptors (Lipinski definition) is 4. The molecule has 0 spiro atoms. The fourth-order valence-corrected chi connectivity index (χ4v) is 5.99. The third-order valence-electron chi connectivity index (χ3n) is 6.80. The average molecular weight is 489 g/mol. The molecular formula is C28H29FN4OS. The van der Waals surface area contributed by atoms with Gasteiger partial charge in [-0.05, 0) is 57.0 Å². The lowest BCUT2D eigenvalue weighted by Gasteiger charge is -2.25. The van der Waals surface area contributed by atoms with Crippen LogP contribution in [0.2, 0.25) is 0 Å². The minimum Gasteiger partial charge on any atom is -0.318 e. The molecule has 0 unspecified atom stereocenters. The number of rotatable bonds is 7. The maximum absolute atomic E-state index is 14.6. The summed E-state index contributed by atoms with van der Waals surface area (Å²) in [6.07, 6.45) is 5.51. The SMILES string of the molecule is Cc1cc(C(=O)CSc2nnc(-c3ccccc3F)n2C2CCCCC2)c(C)n1-c1ccccc1. The van der Waals surface area contributed by atoms with E-state index in [1.54, 1.807) is 12.1 Å². The van der Waals surface area contributed by atoms with Crippen molar-refractivity contribution in [2.24, 2.45) is 0 Å². The highest BCUT2D eigenvalue weighted by molar-refractivity contribution is 7.99. The van der Waals surface area contributed by atoms with Crippen molar-refractivity contribution in [3.05, 3.63) is 83.4 Å². The van der Waals surface area contributed by atoms with Crippen molar-refractivity contribution in [3.63, 3.8) is 0 Å². The van der Waals surface area contributed by atoms with Crippen molar-refractivity contribution in [1.82, 2.24) is 19.3 Å². The monoisotopic (exact) mass is 488 g/mol. The van der Waals surface area contributed by atoms with E-state index in [0.29, 0.717) is 16.5 Å². The number of para-hydroxylation sites is 1. The number of aryl methyl sites for hydroxylation is 1. The Kier molecular flexibility index (Phi) is 6.86. The van der Waals surface area contributed by atoms with Crippen molar-refractivity contribution < 1.29 is 9.18 Å². The first kappa shape index (κ1) is 23.5. The molecule has 0 radical (unpaired) electrons. The van der Waals surface area contributed by atoms with E-state index in [-0.39, 0.29) is 23.4 Å².